The van der Waals surface area contributed by atoms with Crippen molar-refractivity contribution in [2.45, 2.75) is 41.0 Å². The number of aryl methyl sites for hydroxylation is 2. The number of Topliss-reactive ketones (excluding diaryl/α,β-unsaturated/α-hetero) is 1. The van der Waals surface area contributed by atoms with Gasteiger partial charge in [-0.25, -0.2) is 0 Å². The molecule has 0 fully saturated rings. The average molecular weight is 420 g/mol. The number of halogens is 1. The molecule has 4 nitrogen and oxygen atoms in total. The first kappa shape index (κ1) is 25.0. The lowest BCUT2D eigenvalue weighted by atomic mass is 10.0. The molecule has 0 aliphatic carbocycles. The van der Waals surface area contributed by atoms with Gasteiger partial charge in [-0.15, -0.1) is 0 Å². The Hall–Kier alpha value is -2.04. The third-order valence-electron chi connectivity index (χ3n) is 4.70. The normalized spacial score (nSPS) is 10.3. The van der Waals surface area contributed by atoms with Crippen LogP contribution in [0.2, 0.25) is 5.02 Å². The number of rotatable bonds is 9. The van der Waals surface area contributed by atoms with Crippen LogP contribution in [0.25, 0.3) is 0 Å². The fourth-order valence-electron chi connectivity index (χ4n) is 2.93. The SMILES string of the molecule is CCC(=O)c1cc(C)c(OCCN(CC)CC)c(C)c1.COc1ccc(Cl)cc1. The number of likely N-dealkylation sites (N-methyl/N-ethyl adjacent to an activating group) is 1. The molecule has 0 aromatic heterocycles. The lowest BCUT2D eigenvalue weighted by molar-refractivity contribution is 0.0988. The molecule has 2 aromatic rings. The molecule has 29 heavy (non-hydrogen) atoms. The van der Waals surface area contributed by atoms with Crippen LogP contribution in [0.4, 0.5) is 0 Å². The number of carbonyl (C=O) groups is 1. The molecule has 0 N–H and O–H groups in total. The van der Waals surface area contributed by atoms with Crippen molar-refractivity contribution in [2.24, 2.45) is 0 Å². The van der Waals surface area contributed by atoms with Crippen LogP contribution in [0.1, 0.15) is 48.7 Å². The second-order valence-electron chi connectivity index (χ2n) is 6.75. The second kappa shape index (κ2) is 13.2. The minimum absolute atomic E-state index is 0.186. The molecule has 0 bridgehead atoms. The summed E-state index contributed by atoms with van der Waals surface area (Å²) in [5, 5.41) is 0.732. The summed E-state index contributed by atoms with van der Waals surface area (Å²) < 4.78 is 10.8. The van der Waals surface area contributed by atoms with Crippen molar-refractivity contribution in [1.82, 2.24) is 4.90 Å². The molecule has 0 saturated heterocycles. The molecule has 0 aliphatic heterocycles. The summed E-state index contributed by atoms with van der Waals surface area (Å²) in [5.74, 6) is 1.94. The van der Waals surface area contributed by atoms with E-state index in [0.29, 0.717) is 13.0 Å². The van der Waals surface area contributed by atoms with Gasteiger partial charge in [-0.3, -0.25) is 4.79 Å². The van der Waals surface area contributed by atoms with E-state index in [1.165, 1.54) is 0 Å². The molecular formula is C24H34ClNO3. The van der Waals surface area contributed by atoms with Gasteiger partial charge < -0.3 is 14.4 Å². The van der Waals surface area contributed by atoms with E-state index in [4.69, 9.17) is 21.1 Å². The van der Waals surface area contributed by atoms with Gasteiger partial charge in [-0.05, 0) is 74.5 Å². The van der Waals surface area contributed by atoms with E-state index in [0.717, 1.165) is 52.8 Å². The van der Waals surface area contributed by atoms with Gasteiger partial charge in [0.1, 0.15) is 18.1 Å². The maximum atomic E-state index is 11.8. The van der Waals surface area contributed by atoms with Crippen LogP contribution in [0.15, 0.2) is 36.4 Å². The first-order valence-corrected chi connectivity index (χ1v) is 10.5. The highest BCUT2D eigenvalue weighted by Crippen LogP contribution is 2.25. The average Bonchev–Trinajstić information content (AvgIpc) is 2.73. The largest absolute Gasteiger partial charge is 0.497 e. The zero-order valence-electron chi connectivity index (χ0n) is 18.5. The van der Waals surface area contributed by atoms with Crippen LogP contribution in [0.3, 0.4) is 0 Å². The monoisotopic (exact) mass is 419 g/mol. The summed E-state index contributed by atoms with van der Waals surface area (Å²) in [6, 6.07) is 11.1. The van der Waals surface area contributed by atoms with Crippen LogP contribution >= 0.6 is 11.6 Å². The summed E-state index contributed by atoms with van der Waals surface area (Å²) in [6.45, 7) is 13.9. The minimum Gasteiger partial charge on any atom is -0.497 e. The molecular weight excluding hydrogens is 386 g/mol. The summed E-state index contributed by atoms with van der Waals surface area (Å²) in [4.78, 5) is 14.1. The topological polar surface area (TPSA) is 38.8 Å². The first-order valence-electron chi connectivity index (χ1n) is 10.1. The molecule has 0 amide bonds. The van der Waals surface area contributed by atoms with Crippen molar-refractivity contribution in [2.75, 3.05) is 33.4 Å². The number of benzene rings is 2. The molecule has 0 aliphatic rings. The number of carbonyl (C=O) groups excluding carboxylic acids is 1. The Morgan fingerprint density at radius 2 is 1.55 bits per heavy atom. The van der Waals surface area contributed by atoms with E-state index >= 15 is 0 Å². The summed E-state index contributed by atoms with van der Waals surface area (Å²) in [7, 11) is 1.63. The highest BCUT2D eigenvalue weighted by Gasteiger charge is 2.11. The zero-order chi connectivity index (χ0) is 21.8. The molecule has 0 spiro atoms. The molecule has 0 unspecified atom stereocenters. The van der Waals surface area contributed by atoms with Gasteiger partial charge in [0.05, 0.1) is 7.11 Å². The van der Waals surface area contributed by atoms with Crippen molar-refractivity contribution in [3.63, 3.8) is 0 Å². The van der Waals surface area contributed by atoms with Crippen LogP contribution < -0.4 is 9.47 Å². The number of hydrogen-bond donors (Lipinski definition) is 0. The second-order valence-corrected chi connectivity index (χ2v) is 7.19. The number of ether oxygens (including phenoxy) is 2. The fourth-order valence-corrected chi connectivity index (χ4v) is 3.06. The predicted molar refractivity (Wildman–Crippen MR) is 122 cm³/mol. The Morgan fingerprint density at radius 1 is 1.00 bits per heavy atom. The summed E-state index contributed by atoms with van der Waals surface area (Å²) in [6.07, 6.45) is 0.543. The minimum atomic E-state index is 0.186. The molecule has 0 radical (unpaired) electrons. The smallest absolute Gasteiger partial charge is 0.162 e. The Labute approximate surface area is 180 Å². The quantitative estimate of drug-likeness (QED) is 0.469. The zero-order valence-corrected chi connectivity index (χ0v) is 19.3. The van der Waals surface area contributed by atoms with Crippen molar-refractivity contribution in [3.8, 4) is 11.5 Å². The maximum Gasteiger partial charge on any atom is 0.162 e. The van der Waals surface area contributed by atoms with Crippen molar-refractivity contribution in [1.29, 1.82) is 0 Å². The van der Waals surface area contributed by atoms with Gasteiger partial charge in [0.25, 0.3) is 0 Å². The van der Waals surface area contributed by atoms with Gasteiger partial charge in [0, 0.05) is 23.6 Å². The van der Waals surface area contributed by atoms with E-state index in [9.17, 15) is 4.79 Å². The van der Waals surface area contributed by atoms with Gasteiger partial charge in [-0.1, -0.05) is 32.4 Å². The van der Waals surface area contributed by atoms with Gasteiger partial charge in [0.2, 0.25) is 0 Å². The van der Waals surface area contributed by atoms with Crippen molar-refractivity contribution in [3.05, 3.63) is 58.1 Å². The predicted octanol–water partition coefficient (Wildman–Crippen LogP) is 5.97. The molecule has 0 saturated carbocycles. The lowest BCUT2D eigenvalue weighted by Crippen LogP contribution is -2.28. The summed E-state index contributed by atoms with van der Waals surface area (Å²) >= 11 is 5.61. The van der Waals surface area contributed by atoms with E-state index in [-0.39, 0.29) is 5.78 Å². The van der Waals surface area contributed by atoms with Gasteiger partial charge >= 0.3 is 0 Å². The third-order valence-corrected chi connectivity index (χ3v) is 4.95. The van der Waals surface area contributed by atoms with E-state index < -0.39 is 0 Å². The van der Waals surface area contributed by atoms with Gasteiger partial charge in [0.15, 0.2) is 5.78 Å². The molecule has 2 aromatic carbocycles. The molecule has 5 heteroatoms. The number of hydrogen-bond acceptors (Lipinski definition) is 4. The van der Waals surface area contributed by atoms with Crippen LogP contribution in [0.5, 0.6) is 11.5 Å². The third kappa shape index (κ3) is 8.46. The standard InChI is InChI=1S/C17H27NO2.C7H7ClO/c1-6-16(19)15-11-13(4)17(14(5)12-15)20-10-9-18(7-2)8-3;1-9-7-4-2-6(8)3-5-7/h11-12H,6-10H2,1-5H3;2-5H,1H3. The molecule has 0 heterocycles. The Kier molecular flexibility index (Phi) is 11.4. The van der Waals surface area contributed by atoms with Crippen molar-refractivity contribution >= 4 is 17.4 Å². The summed E-state index contributed by atoms with van der Waals surface area (Å²) in [5.41, 5.74) is 2.88. The van der Waals surface area contributed by atoms with Crippen molar-refractivity contribution < 1.29 is 14.3 Å². The van der Waals surface area contributed by atoms with E-state index in [2.05, 4.69) is 18.7 Å². The fraction of sp³-hybridized carbons (Fsp3) is 0.458. The molecule has 2 rings (SSSR count). The van der Waals surface area contributed by atoms with E-state index in [1.54, 1.807) is 19.2 Å². The Morgan fingerprint density at radius 3 is 2.00 bits per heavy atom. The van der Waals surface area contributed by atoms with Crippen LogP contribution in [0, 0.1) is 13.8 Å². The van der Waals surface area contributed by atoms with Crippen LogP contribution in [-0.4, -0.2) is 44.0 Å². The maximum absolute atomic E-state index is 11.8. The number of ketones is 1. The lowest BCUT2D eigenvalue weighted by Gasteiger charge is -2.19. The number of nitrogens with zero attached hydrogens (tertiary/aromatic N) is 1. The highest BCUT2D eigenvalue weighted by molar-refractivity contribution is 6.30. The molecule has 160 valence electrons. The Bertz CT molecular complexity index is 732. The van der Waals surface area contributed by atoms with Crippen LogP contribution in [-0.2, 0) is 0 Å². The number of methoxy groups -OCH3 is 1. The van der Waals surface area contributed by atoms with Gasteiger partial charge in [-0.2, -0.15) is 0 Å². The Balaban J connectivity index is 0.000000387. The molecule has 0 atom stereocenters. The highest BCUT2D eigenvalue weighted by atomic mass is 35.5. The first-order chi connectivity index (χ1) is 13.9. The van der Waals surface area contributed by atoms with E-state index in [1.807, 2.05) is 45.0 Å².